The summed E-state index contributed by atoms with van der Waals surface area (Å²) in [4.78, 5) is 28.3. The van der Waals surface area contributed by atoms with Crippen molar-refractivity contribution in [2.24, 2.45) is 0 Å². The molecular weight excluding hydrogens is 431 g/mol. The second-order valence-electron chi connectivity index (χ2n) is 8.62. The number of hydrogen-bond donors (Lipinski definition) is 1. The predicted molar refractivity (Wildman–Crippen MR) is 131 cm³/mol. The van der Waals surface area contributed by atoms with Crippen LogP contribution in [0.5, 0.6) is 5.75 Å². The molecule has 0 heterocycles. The minimum absolute atomic E-state index is 0.0721. The molecule has 0 bridgehead atoms. The van der Waals surface area contributed by atoms with Gasteiger partial charge >= 0.3 is 0 Å². The number of carbonyl (C=O) groups excluding carboxylic acids is 2. The quantitative estimate of drug-likeness (QED) is 0.476. The highest BCUT2D eigenvalue weighted by Gasteiger charge is 2.31. The molecule has 0 aliphatic carbocycles. The third-order valence-electron chi connectivity index (χ3n) is 5.31. The molecule has 5 nitrogen and oxygen atoms in total. The Hall–Kier alpha value is -3.67. The maximum Gasteiger partial charge on any atom is 0.261 e. The highest BCUT2D eigenvalue weighted by Crippen LogP contribution is 2.17. The Balaban J connectivity index is 1.90. The van der Waals surface area contributed by atoms with Crippen LogP contribution in [0, 0.1) is 12.7 Å². The van der Waals surface area contributed by atoms with Gasteiger partial charge in [0.25, 0.3) is 5.91 Å². The molecule has 3 aromatic rings. The number of halogens is 1. The van der Waals surface area contributed by atoms with E-state index in [2.05, 4.69) is 5.32 Å². The van der Waals surface area contributed by atoms with Crippen LogP contribution in [0.25, 0.3) is 0 Å². The van der Waals surface area contributed by atoms with Gasteiger partial charge in [0, 0.05) is 19.0 Å². The monoisotopic (exact) mass is 462 g/mol. The largest absolute Gasteiger partial charge is 0.484 e. The minimum Gasteiger partial charge on any atom is -0.484 e. The van der Waals surface area contributed by atoms with Gasteiger partial charge in [-0.05, 0) is 56.2 Å². The molecule has 0 spiro atoms. The van der Waals surface area contributed by atoms with Crippen molar-refractivity contribution in [1.82, 2.24) is 10.2 Å². The third-order valence-corrected chi connectivity index (χ3v) is 5.31. The molecule has 178 valence electrons. The smallest absolute Gasteiger partial charge is 0.261 e. The Labute approximate surface area is 200 Å². The molecule has 0 aliphatic rings. The van der Waals surface area contributed by atoms with Gasteiger partial charge < -0.3 is 15.0 Å². The van der Waals surface area contributed by atoms with E-state index in [1.54, 1.807) is 4.90 Å². The number of hydrogen-bond acceptors (Lipinski definition) is 3. The number of aryl methyl sites for hydroxylation is 1. The molecule has 0 aliphatic heterocycles. The molecule has 1 N–H and O–H groups in total. The van der Waals surface area contributed by atoms with Gasteiger partial charge in [0.15, 0.2) is 6.61 Å². The fraction of sp³-hybridized carbons (Fsp3) is 0.286. The second kappa shape index (κ2) is 12.0. The predicted octanol–water partition coefficient (Wildman–Crippen LogP) is 4.68. The number of rotatable bonds is 10. The van der Waals surface area contributed by atoms with Gasteiger partial charge in [-0.1, -0.05) is 60.2 Å². The van der Waals surface area contributed by atoms with Gasteiger partial charge in [-0.3, -0.25) is 9.59 Å². The van der Waals surface area contributed by atoms with Crippen LogP contribution >= 0.6 is 0 Å². The standard InChI is InChI=1S/C28H31FN2O3/c1-20(2)30-28(33)26(17-22-9-5-4-6-10-22)31(18-23-11-7-8-21(3)16-23)27(32)19-34-25-14-12-24(29)13-15-25/h4-16,20,26H,17-19H2,1-3H3,(H,30,33)/t26-/m1/s1. The van der Waals surface area contributed by atoms with Crippen molar-refractivity contribution < 1.29 is 18.7 Å². The van der Waals surface area contributed by atoms with Crippen molar-refractivity contribution in [3.63, 3.8) is 0 Å². The lowest BCUT2D eigenvalue weighted by Crippen LogP contribution is -2.52. The number of nitrogens with zero attached hydrogens (tertiary/aromatic N) is 1. The van der Waals surface area contributed by atoms with Crippen molar-refractivity contribution in [3.8, 4) is 5.75 Å². The number of ether oxygens (including phenoxy) is 1. The van der Waals surface area contributed by atoms with Crippen LogP contribution in [0.4, 0.5) is 4.39 Å². The summed E-state index contributed by atoms with van der Waals surface area (Å²) < 4.78 is 18.9. The molecule has 34 heavy (non-hydrogen) atoms. The Morgan fingerprint density at radius 2 is 1.62 bits per heavy atom. The molecular formula is C28H31FN2O3. The van der Waals surface area contributed by atoms with Gasteiger partial charge in [-0.2, -0.15) is 0 Å². The Bertz CT molecular complexity index is 1080. The highest BCUT2D eigenvalue weighted by atomic mass is 19.1. The zero-order valence-corrected chi connectivity index (χ0v) is 19.8. The lowest BCUT2D eigenvalue weighted by Gasteiger charge is -2.32. The molecule has 6 heteroatoms. The van der Waals surface area contributed by atoms with E-state index in [1.807, 2.05) is 75.4 Å². The molecule has 3 rings (SSSR count). The number of carbonyl (C=O) groups is 2. The average molecular weight is 463 g/mol. The van der Waals surface area contributed by atoms with Crippen LogP contribution < -0.4 is 10.1 Å². The van der Waals surface area contributed by atoms with E-state index in [0.29, 0.717) is 12.2 Å². The summed E-state index contributed by atoms with van der Waals surface area (Å²) in [7, 11) is 0. The van der Waals surface area contributed by atoms with Crippen molar-refractivity contribution in [2.75, 3.05) is 6.61 Å². The number of benzene rings is 3. The molecule has 2 amide bonds. The fourth-order valence-electron chi connectivity index (χ4n) is 3.70. The van der Waals surface area contributed by atoms with Gasteiger partial charge in [0.1, 0.15) is 17.6 Å². The Kier molecular flexibility index (Phi) is 8.79. The molecule has 0 fully saturated rings. The summed E-state index contributed by atoms with van der Waals surface area (Å²) in [5.74, 6) is -0.545. The third kappa shape index (κ3) is 7.44. The normalized spacial score (nSPS) is 11.7. The van der Waals surface area contributed by atoms with Gasteiger partial charge in [-0.15, -0.1) is 0 Å². The van der Waals surface area contributed by atoms with E-state index in [4.69, 9.17) is 4.74 Å². The van der Waals surface area contributed by atoms with E-state index < -0.39 is 6.04 Å². The summed E-state index contributed by atoms with van der Waals surface area (Å²) in [5, 5.41) is 2.96. The first-order valence-corrected chi connectivity index (χ1v) is 11.4. The van der Waals surface area contributed by atoms with Crippen LogP contribution in [0.3, 0.4) is 0 Å². The van der Waals surface area contributed by atoms with Crippen molar-refractivity contribution in [2.45, 2.75) is 45.8 Å². The SMILES string of the molecule is Cc1cccc(CN(C(=O)COc2ccc(F)cc2)[C@H](Cc2ccccc2)C(=O)NC(C)C)c1. The van der Waals surface area contributed by atoms with Gasteiger partial charge in [0.05, 0.1) is 0 Å². The maximum absolute atomic E-state index is 13.4. The van der Waals surface area contributed by atoms with Gasteiger partial charge in [-0.25, -0.2) is 4.39 Å². The van der Waals surface area contributed by atoms with Crippen LogP contribution in [-0.4, -0.2) is 35.4 Å². The topological polar surface area (TPSA) is 58.6 Å². The van der Waals surface area contributed by atoms with E-state index in [0.717, 1.165) is 16.7 Å². The first-order chi connectivity index (χ1) is 16.3. The molecule has 1 atom stereocenters. The van der Waals surface area contributed by atoms with Crippen molar-refractivity contribution in [3.05, 3.63) is 101 Å². The molecule has 0 unspecified atom stereocenters. The Morgan fingerprint density at radius 1 is 0.941 bits per heavy atom. The highest BCUT2D eigenvalue weighted by molar-refractivity contribution is 5.88. The second-order valence-corrected chi connectivity index (χ2v) is 8.62. The first-order valence-electron chi connectivity index (χ1n) is 11.4. The summed E-state index contributed by atoms with van der Waals surface area (Å²) in [6.07, 6.45) is 0.369. The molecule has 0 saturated heterocycles. The van der Waals surface area contributed by atoms with Crippen molar-refractivity contribution in [1.29, 1.82) is 0 Å². The first kappa shape index (κ1) is 25.0. The van der Waals surface area contributed by atoms with E-state index in [1.165, 1.54) is 24.3 Å². The zero-order valence-electron chi connectivity index (χ0n) is 19.8. The number of nitrogens with one attached hydrogen (secondary N) is 1. The van der Waals surface area contributed by atoms with Crippen LogP contribution in [0.15, 0.2) is 78.9 Å². The summed E-state index contributed by atoms with van der Waals surface area (Å²) in [6, 6.07) is 22.2. The lowest BCUT2D eigenvalue weighted by atomic mass is 10.0. The van der Waals surface area contributed by atoms with Gasteiger partial charge in [0.2, 0.25) is 5.91 Å². The molecule has 0 aromatic heterocycles. The summed E-state index contributed by atoms with van der Waals surface area (Å²) in [5.41, 5.74) is 2.94. The van der Waals surface area contributed by atoms with Crippen LogP contribution in [0.2, 0.25) is 0 Å². The van der Waals surface area contributed by atoms with E-state index in [9.17, 15) is 14.0 Å². The lowest BCUT2D eigenvalue weighted by molar-refractivity contribution is -0.143. The molecule has 0 radical (unpaired) electrons. The fourth-order valence-corrected chi connectivity index (χ4v) is 3.70. The van der Waals surface area contributed by atoms with Crippen molar-refractivity contribution >= 4 is 11.8 Å². The minimum atomic E-state index is -0.727. The number of amides is 2. The average Bonchev–Trinajstić information content (AvgIpc) is 2.81. The molecule has 0 saturated carbocycles. The zero-order chi connectivity index (χ0) is 24.5. The van der Waals surface area contributed by atoms with E-state index in [-0.39, 0.29) is 36.8 Å². The van der Waals surface area contributed by atoms with Crippen LogP contribution in [0.1, 0.15) is 30.5 Å². The Morgan fingerprint density at radius 3 is 2.26 bits per heavy atom. The molecule has 3 aromatic carbocycles. The maximum atomic E-state index is 13.4. The summed E-state index contributed by atoms with van der Waals surface area (Å²) in [6.45, 7) is 5.76. The van der Waals surface area contributed by atoms with E-state index >= 15 is 0 Å². The summed E-state index contributed by atoms with van der Waals surface area (Å²) >= 11 is 0. The van der Waals surface area contributed by atoms with Crippen LogP contribution in [-0.2, 0) is 22.6 Å².